The summed E-state index contributed by atoms with van der Waals surface area (Å²) in [6, 6.07) is 17.4. The van der Waals surface area contributed by atoms with Gasteiger partial charge in [0.1, 0.15) is 17.9 Å². The Hall–Kier alpha value is -3.66. The molecule has 1 fully saturated rings. The van der Waals surface area contributed by atoms with E-state index in [0.717, 1.165) is 16.7 Å². The number of hydrogen-bond acceptors (Lipinski definition) is 7. The van der Waals surface area contributed by atoms with Crippen LogP contribution in [0.15, 0.2) is 66.7 Å². The van der Waals surface area contributed by atoms with Crippen molar-refractivity contribution in [1.29, 1.82) is 0 Å². The van der Waals surface area contributed by atoms with Crippen LogP contribution in [0.3, 0.4) is 0 Å². The first kappa shape index (κ1) is 29.3. The van der Waals surface area contributed by atoms with Crippen LogP contribution < -0.4 is 11.1 Å². The van der Waals surface area contributed by atoms with Crippen LogP contribution >= 0.6 is 11.8 Å². The summed E-state index contributed by atoms with van der Waals surface area (Å²) in [5, 5.41) is 24.6. The number of aliphatic hydroxyl groups is 1. The number of nitrogens with two attached hydrogens (primary N) is 1. The smallest absolute Gasteiger partial charge is 0.253 e. The first-order valence-electron chi connectivity index (χ1n) is 13.1. The minimum absolute atomic E-state index is 0.0738. The lowest BCUT2D eigenvalue weighted by atomic mass is 9.81. The second-order valence-electron chi connectivity index (χ2n) is 10.1. The van der Waals surface area contributed by atoms with Crippen molar-refractivity contribution in [1.82, 2.24) is 10.2 Å². The number of ketones is 1. The van der Waals surface area contributed by atoms with Crippen molar-refractivity contribution in [3.8, 4) is 5.75 Å². The van der Waals surface area contributed by atoms with Crippen LogP contribution in [0, 0.1) is 26.7 Å². The van der Waals surface area contributed by atoms with Crippen molar-refractivity contribution in [3.05, 3.63) is 100 Å². The number of hydrogen-bond donors (Lipinski definition) is 4. The molecule has 2 amide bonds. The first-order valence-corrected chi connectivity index (χ1v) is 14.3. The van der Waals surface area contributed by atoms with Gasteiger partial charge >= 0.3 is 0 Å². The predicted octanol–water partition coefficient (Wildman–Crippen LogP) is 3.40. The Morgan fingerprint density at radius 2 is 1.65 bits per heavy atom. The Bertz CT molecular complexity index is 1380. The molecule has 4 atom stereocenters. The number of benzene rings is 3. The van der Waals surface area contributed by atoms with Crippen molar-refractivity contribution in [2.24, 2.45) is 11.7 Å². The summed E-state index contributed by atoms with van der Waals surface area (Å²) < 4.78 is 0. The van der Waals surface area contributed by atoms with Crippen molar-refractivity contribution < 1.29 is 24.6 Å². The van der Waals surface area contributed by atoms with E-state index in [4.69, 9.17) is 5.73 Å². The fourth-order valence-corrected chi connectivity index (χ4v) is 6.24. The molecule has 1 saturated heterocycles. The normalized spacial score (nSPS) is 17.2. The van der Waals surface area contributed by atoms with E-state index in [1.807, 2.05) is 32.0 Å². The maximum absolute atomic E-state index is 13.8. The van der Waals surface area contributed by atoms with E-state index < -0.39 is 35.8 Å². The second-order valence-corrected chi connectivity index (χ2v) is 11.1. The lowest BCUT2D eigenvalue weighted by Crippen LogP contribution is -2.53. The van der Waals surface area contributed by atoms with Crippen LogP contribution in [0.2, 0.25) is 0 Å². The molecule has 1 aliphatic rings. The zero-order chi connectivity index (χ0) is 29.0. The van der Waals surface area contributed by atoms with Crippen molar-refractivity contribution in [3.63, 3.8) is 0 Å². The molecule has 0 aromatic heterocycles. The number of carbonyl (C=O) groups excluding carboxylic acids is 3. The van der Waals surface area contributed by atoms with E-state index in [-0.39, 0.29) is 23.1 Å². The molecule has 1 aliphatic heterocycles. The number of nitrogens with one attached hydrogen (secondary N) is 1. The Labute approximate surface area is 238 Å². The average molecular weight is 562 g/mol. The lowest BCUT2D eigenvalue weighted by Gasteiger charge is -2.32. The zero-order valence-electron chi connectivity index (χ0n) is 22.8. The van der Waals surface area contributed by atoms with Crippen molar-refractivity contribution in [2.45, 2.75) is 45.5 Å². The van der Waals surface area contributed by atoms with E-state index in [9.17, 15) is 24.6 Å². The lowest BCUT2D eigenvalue weighted by molar-refractivity contribution is -0.146. The number of amides is 2. The molecule has 1 heterocycles. The number of thioether (sulfide) groups is 1. The van der Waals surface area contributed by atoms with E-state index in [1.165, 1.54) is 34.9 Å². The van der Waals surface area contributed by atoms with Gasteiger partial charge in [-0.3, -0.25) is 14.4 Å². The monoisotopic (exact) mass is 561 g/mol. The number of rotatable bonds is 9. The van der Waals surface area contributed by atoms with Gasteiger partial charge in [0.2, 0.25) is 5.91 Å². The van der Waals surface area contributed by atoms with E-state index in [0.29, 0.717) is 23.4 Å². The highest BCUT2D eigenvalue weighted by molar-refractivity contribution is 7.99. The van der Waals surface area contributed by atoms with E-state index in [1.54, 1.807) is 37.3 Å². The number of Topliss-reactive ketones (excluding diaryl/α,β-unsaturated/α-hetero) is 1. The fourth-order valence-electron chi connectivity index (χ4n) is 5.08. The van der Waals surface area contributed by atoms with Gasteiger partial charge in [-0.05, 0) is 49.1 Å². The number of aliphatic hydroxyl groups excluding tert-OH is 1. The van der Waals surface area contributed by atoms with Crippen LogP contribution in [0.25, 0.3) is 0 Å². The standard InChI is InChI=1S/C31H35N3O5S/c1-18-9-7-10-19(2)23(18)15-33-30(38)24-16-40-17-34(24)31(39)29(37)26(27(32)21-11-5-4-6-12-21)28(36)22-13-8-14-25(35)20(22)3/h4-14,24,26-27,29,35,37H,15-17,32H2,1-3H3,(H,33,38)/t24-,26+,27?,29-/m0/s1. The Kier molecular flexibility index (Phi) is 9.29. The van der Waals surface area contributed by atoms with E-state index >= 15 is 0 Å². The third-order valence-electron chi connectivity index (χ3n) is 7.59. The van der Waals surface area contributed by atoms with Crippen LogP contribution in [0.1, 0.15) is 44.2 Å². The zero-order valence-corrected chi connectivity index (χ0v) is 23.7. The molecule has 0 aliphatic carbocycles. The maximum Gasteiger partial charge on any atom is 0.253 e. The third kappa shape index (κ3) is 6.06. The van der Waals surface area contributed by atoms with Crippen molar-refractivity contribution in [2.75, 3.05) is 11.6 Å². The summed E-state index contributed by atoms with van der Waals surface area (Å²) in [5.41, 5.74) is 10.7. The Morgan fingerprint density at radius 3 is 2.33 bits per heavy atom. The fraction of sp³-hybridized carbons (Fsp3) is 0.323. The van der Waals surface area contributed by atoms with Crippen LogP contribution in [0.4, 0.5) is 0 Å². The van der Waals surface area contributed by atoms with Gasteiger partial charge < -0.3 is 26.2 Å². The number of nitrogens with zero attached hydrogens (tertiary/aromatic N) is 1. The summed E-state index contributed by atoms with van der Waals surface area (Å²) in [4.78, 5) is 42.1. The summed E-state index contributed by atoms with van der Waals surface area (Å²) in [7, 11) is 0. The van der Waals surface area contributed by atoms with Crippen LogP contribution in [-0.2, 0) is 16.1 Å². The maximum atomic E-state index is 13.8. The third-order valence-corrected chi connectivity index (χ3v) is 8.60. The second kappa shape index (κ2) is 12.7. The topological polar surface area (TPSA) is 133 Å². The molecular weight excluding hydrogens is 526 g/mol. The number of phenolic OH excluding ortho intramolecular Hbond substituents is 1. The molecule has 210 valence electrons. The average Bonchev–Trinajstić information content (AvgIpc) is 3.44. The summed E-state index contributed by atoms with van der Waals surface area (Å²) in [6.45, 7) is 5.87. The summed E-state index contributed by atoms with van der Waals surface area (Å²) >= 11 is 1.40. The van der Waals surface area contributed by atoms with Gasteiger partial charge in [-0.1, -0.05) is 60.7 Å². The van der Waals surface area contributed by atoms with Gasteiger partial charge in [-0.15, -0.1) is 11.8 Å². The van der Waals surface area contributed by atoms with Gasteiger partial charge in [-0.2, -0.15) is 0 Å². The molecule has 0 radical (unpaired) electrons. The molecule has 8 nitrogen and oxygen atoms in total. The SMILES string of the molecule is Cc1cccc(C)c1CNC(=O)[C@@H]1CSCN1C(=O)[C@@H](O)[C@@H](C(=O)c1cccc(O)c1C)C(N)c1ccccc1. The number of carbonyl (C=O) groups is 3. The Balaban J connectivity index is 1.59. The molecule has 0 bridgehead atoms. The molecular formula is C31H35N3O5S. The molecule has 3 aromatic carbocycles. The van der Waals surface area contributed by atoms with Gasteiger partial charge in [-0.25, -0.2) is 0 Å². The van der Waals surface area contributed by atoms with Gasteiger partial charge in [0, 0.05) is 29.5 Å². The summed E-state index contributed by atoms with van der Waals surface area (Å²) in [6.07, 6.45) is -1.81. The van der Waals surface area contributed by atoms with Gasteiger partial charge in [0.05, 0.1) is 11.8 Å². The first-order chi connectivity index (χ1) is 19.1. The van der Waals surface area contributed by atoms with Gasteiger partial charge in [0.15, 0.2) is 5.78 Å². The minimum Gasteiger partial charge on any atom is -0.508 e. The number of aromatic hydroxyl groups is 1. The van der Waals surface area contributed by atoms with E-state index in [2.05, 4.69) is 5.32 Å². The molecule has 0 spiro atoms. The molecule has 9 heteroatoms. The van der Waals surface area contributed by atoms with Crippen LogP contribution in [0.5, 0.6) is 5.75 Å². The highest BCUT2D eigenvalue weighted by atomic mass is 32.2. The molecule has 3 aromatic rings. The molecule has 4 rings (SSSR count). The molecule has 0 saturated carbocycles. The molecule has 40 heavy (non-hydrogen) atoms. The van der Waals surface area contributed by atoms with Gasteiger partial charge in [0.25, 0.3) is 5.91 Å². The predicted molar refractivity (Wildman–Crippen MR) is 156 cm³/mol. The largest absolute Gasteiger partial charge is 0.508 e. The number of aryl methyl sites for hydroxylation is 2. The number of phenols is 1. The highest BCUT2D eigenvalue weighted by Gasteiger charge is 2.44. The minimum atomic E-state index is -1.81. The Morgan fingerprint density at radius 1 is 1.00 bits per heavy atom. The molecule has 5 N–H and O–H groups in total. The highest BCUT2D eigenvalue weighted by Crippen LogP contribution is 2.32. The van der Waals surface area contributed by atoms with Crippen molar-refractivity contribution >= 4 is 29.4 Å². The van der Waals surface area contributed by atoms with Crippen LogP contribution in [-0.4, -0.2) is 56.5 Å². The molecule has 1 unspecified atom stereocenters. The summed E-state index contributed by atoms with van der Waals surface area (Å²) in [5.74, 6) is -2.48. The quantitative estimate of drug-likeness (QED) is 0.294.